The maximum atomic E-state index is 4.73. The van der Waals surface area contributed by atoms with Crippen LogP contribution in [0.15, 0.2) is 167 Å². The average Bonchev–Trinajstić information content (AvgIpc) is 3.19. The van der Waals surface area contributed by atoms with Crippen molar-refractivity contribution in [1.82, 2.24) is 10.6 Å². The predicted molar refractivity (Wildman–Crippen MR) is 231 cm³/mol. The lowest BCUT2D eigenvalue weighted by Gasteiger charge is -2.14. The summed E-state index contributed by atoms with van der Waals surface area (Å²) in [6.45, 7) is 14.8. The Morgan fingerprint density at radius 2 is 0.981 bits per heavy atom. The van der Waals surface area contributed by atoms with Gasteiger partial charge in [0.2, 0.25) is 0 Å². The Hall–Kier alpha value is -5.49. The van der Waals surface area contributed by atoms with Crippen molar-refractivity contribution in [1.29, 1.82) is 0 Å². The van der Waals surface area contributed by atoms with Crippen molar-refractivity contribution < 1.29 is 0 Å². The number of amidine groups is 3. The number of unbranched alkanes of at least 4 members (excludes halogenated alkanes) is 2. The lowest BCUT2D eigenvalue weighted by atomic mass is 10.2. The third-order valence-electron chi connectivity index (χ3n) is 7.59. The third-order valence-corrected chi connectivity index (χ3v) is 7.59. The first-order valence-corrected chi connectivity index (χ1v) is 19.1. The molecule has 6 heteroatoms. The number of hydrogen-bond donors (Lipinski definition) is 3. The molecular formula is C47H60N6. The molecule has 0 spiro atoms. The van der Waals surface area contributed by atoms with E-state index in [2.05, 4.69) is 116 Å². The van der Waals surface area contributed by atoms with Crippen LogP contribution in [0.5, 0.6) is 0 Å². The monoisotopic (exact) mass is 708 g/mol. The van der Waals surface area contributed by atoms with Gasteiger partial charge in [-0.05, 0) is 64.8 Å². The van der Waals surface area contributed by atoms with Crippen molar-refractivity contribution in [3.8, 4) is 0 Å². The van der Waals surface area contributed by atoms with Crippen molar-refractivity contribution in [2.75, 3.05) is 18.4 Å². The smallest absolute Gasteiger partial charge is 0.138 e. The Morgan fingerprint density at radius 3 is 1.45 bits per heavy atom. The molecular weight excluding hydrogens is 649 g/mol. The highest BCUT2D eigenvalue weighted by Gasteiger charge is 2.06. The van der Waals surface area contributed by atoms with Crippen molar-refractivity contribution in [3.05, 3.63) is 168 Å². The largest absolute Gasteiger partial charge is 0.370 e. The molecule has 0 aromatic heterocycles. The molecule has 5 aromatic carbocycles. The van der Waals surface area contributed by atoms with E-state index in [4.69, 9.17) is 4.99 Å². The molecule has 0 aliphatic carbocycles. The van der Waals surface area contributed by atoms with Gasteiger partial charge in [-0.25, -0.2) is 4.99 Å². The normalized spacial score (nSPS) is 11.6. The van der Waals surface area contributed by atoms with E-state index in [9.17, 15) is 0 Å². The SMILES string of the molecule is CC(C)N=C(NC(C)C)c1ccccc1.CCCCN=C(NCCCC)c1ccccc1.c1ccc(N=C(Nc2ccccc2)c2ccccc2)cc1. The number of anilines is 1. The molecule has 0 amide bonds. The van der Waals surface area contributed by atoms with E-state index in [-0.39, 0.29) is 0 Å². The van der Waals surface area contributed by atoms with Crippen LogP contribution in [-0.4, -0.2) is 42.7 Å². The van der Waals surface area contributed by atoms with E-state index in [0.717, 1.165) is 59.5 Å². The van der Waals surface area contributed by atoms with Crippen molar-refractivity contribution in [3.63, 3.8) is 0 Å². The van der Waals surface area contributed by atoms with E-state index in [1.807, 2.05) is 103 Å². The van der Waals surface area contributed by atoms with Gasteiger partial charge in [0.05, 0.1) is 5.69 Å². The van der Waals surface area contributed by atoms with Gasteiger partial charge in [0.1, 0.15) is 17.5 Å². The van der Waals surface area contributed by atoms with E-state index in [1.165, 1.54) is 24.8 Å². The fourth-order valence-electron chi connectivity index (χ4n) is 4.95. The topological polar surface area (TPSA) is 73.2 Å². The summed E-state index contributed by atoms with van der Waals surface area (Å²) in [6.07, 6.45) is 4.76. The first-order valence-electron chi connectivity index (χ1n) is 19.1. The van der Waals surface area contributed by atoms with Gasteiger partial charge in [0.15, 0.2) is 0 Å². The highest BCUT2D eigenvalue weighted by Crippen LogP contribution is 2.16. The van der Waals surface area contributed by atoms with Crippen LogP contribution in [0.4, 0.5) is 11.4 Å². The highest BCUT2D eigenvalue weighted by atomic mass is 15.0. The zero-order valence-electron chi connectivity index (χ0n) is 32.7. The van der Waals surface area contributed by atoms with E-state index in [0.29, 0.717) is 12.1 Å². The van der Waals surface area contributed by atoms with Crippen LogP contribution in [0.3, 0.4) is 0 Å². The Balaban J connectivity index is 0.000000218. The van der Waals surface area contributed by atoms with E-state index >= 15 is 0 Å². The maximum absolute atomic E-state index is 4.73. The van der Waals surface area contributed by atoms with Crippen LogP contribution in [-0.2, 0) is 0 Å². The molecule has 278 valence electrons. The second kappa shape index (κ2) is 25.5. The van der Waals surface area contributed by atoms with Gasteiger partial charge in [-0.1, -0.05) is 154 Å². The van der Waals surface area contributed by atoms with Gasteiger partial charge in [0, 0.05) is 47.6 Å². The molecule has 0 radical (unpaired) electrons. The quantitative estimate of drug-likeness (QED) is 0.0648. The molecule has 3 N–H and O–H groups in total. The standard InChI is InChI=1S/C19H16N2.C15H24N2.C13H20N2/c1-4-10-16(11-5-1)19(20-17-12-6-2-7-13-17)21-18-14-8-3-9-15-18;1-3-5-12-16-15(17-13-6-4-2)14-10-8-7-9-11-14;1-10(2)14-13(15-11(3)4)12-8-6-5-7-9-12/h1-15H,(H,20,21);7-11H,3-6,12-13H2,1-2H3,(H,16,17);5-11H,1-4H3,(H,14,15). The first kappa shape index (κ1) is 41.9. The number of hydrogen-bond acceptors (Lipinski definition) is 3. The second-order valence-electron chi connectivity index (χ2n) is 13.1. The molecule has 0 saturated heterocycles. The number of aliphatic imine (C=N–C) groups is 3. The molecule has 6 nitrogen and oxygen atoms in total. The molecule has 0 aliphatic heterocycles. The first-order chi connectivity index (χ1) is 25.9. The maximum Gasteiger partial charge on any atom is 0.138 e. The second-order valence-corrected chi connectivity index (χ2v) is 13.1. The minimum atomic E-state index is 0.312. The van der Waals surface area contributed by atoms with Crippen LogP contribution >= 0.6 is 0 Å². The van der Waals surface area contributed by atoms with Crippen LogP contribution in [0.25, 0.3) is 0 Å². The van der Waals surface area contributed by atoms with Gasteiger partial charge in [-0.15, -0.1) is 0 Å². The number of nitrogens with zero attached hydrogens (tertiary/aromatic N) is 3. The lowest BCUT2D eigenvalue weighted by Crippen LogP contribution is -2.31. The summed E-state index contributed by atoms with van der Waals surface area (Å²) >= 11 is 0. The summed E-state index contributed by atoms with van der Waals surface area (Å²) in [4.78, 5) is 14.0. The molecule has 0 heterocycles. The number of benzene rings is 5. The zero-order valence-corrected chi connectivity index (χ0v) is 32.7. The molecule has 0 fully saturated rings. The Labute approximate surface area is 319 Å². The molecule has 5 rings (SSSR count). The molecule has 0 unspecified atom stereocenters. The summed E-state index contributed by atoms with van der Waals surface area (Å²) in [5, 5.41) is 10.2. The number of para-hydroxylation sites is 2. The number of nitrogens with one attached hydrogen (secondary N) is 3. The van der Waals surface area contributed by atoms with Crippen LogP contribution < -0.4 is 16.0 Å². The lowest BCUT2D eigenvalue weighted by molar-refractivity contribution is 0.719. The van der Waals surface area contributed by atoms with Crippen LogP contribution in [0.2, 0.25) is 0 Å². The van der Waals surface area contributed by atoms with Gasteiger partial charge in [0.25, 0.3) is 0 Å². The van der Waals surface area contributed by atoms with Crippen molar-refractivity contribution in [2.45, 2.75) is 79.3 Å². The Bertz CT molecular complexity index is 1730. The Kier molecular flexibility index (Phi) is 20.1. The summed E-state index contributed by atoms with van der Waals surface area (Å²) < 4.78 is 0. The van der Waals surface area contributed by atoms with Gasteiger partial charge in [-0.3, -0.25) is 9.98 Å². The Morgan fingerprint density at radius 1 is 0.528 bits per heavy atom. The summed E-state index contributed by atoms with van der Waals surface area (Å²) in [6, 6.07) is 51.5. The summed E-state index contributed by atoms with van der Waals surface area (Å²) in [5.74, 6) is 2.88. The molecule has 0 saturated carbocycles. The molecule has 0 aliphatic rings. The minimum Gasteiger partial charge on any atom is -0.370 e. The number of rotatable bonds is 13. The fraction of sp³-hybridized carbons (Fsp3) is 0.298. The summed E-state index contributed by atoms with van der Waals surface area (Å²) in [5.41, 5.74) is 5.36. The molecule has 53 heavy (non-hydrogen) atoms. The highest BCUT2D eigenvalue weighted by molar-refractivity contribution is 6.09. The molecule has 5 aromatic rings. The van der Waals surface area contributed by atoms with E-state index in [1.54, 1.807) is 0 Å². The van der Waals surface area contributed by atoms with Gasteiger partial charge in [-0.2, -0.15) is 0 Å². The summed E-state index contributed by atoms with van der Waals surface area (Å²) in [7, 11) is 0. The van der Waals surface area contributed by atoms with Crippen molar-refractivity contribution in [2.24, 2.45) is 15.0 Å². The zero-order chi connectivity index (χ0) is 37.9. The molecule has 0 bridgehead atoms. The van der Waals surface area contributed by atoms with Crippen LogP contribution in [0.1, 0.15) is 83.9 Å². The molecule has 0 atom stereocenters. The minimum absolute atomic E-state index is 0.312. The van der Waals surface area contributed by atoms with Gasteiger partial charge >= 0.3 is 0 Å². The third kappa shape index (κ3) is 17.5. The van der Waals surface area contributed by atoms with Crippen LogP contribution in [0, 0.1) is 0 Å². The average molecular weight is 709 g/mol. The fourth-order valence-corrected chi connectivity index (χ4v) is 4.95. The van der Waals surface area contributed by atoms with E-state index < -0.39 is 0 Å². The predicted octanol–water partition coefficient (Wildman–Crippen LogP) is 11.3. The van der Waals surface area contributed by atoms with Gasteiger partial charge < -0.3 is 16.0 Å². The van der Waals surface area contributed by atoms with Crippen molar-refractivity contribution >= 4 is 28.9 Å².